The third-order valence-corrected chi connectivity index (χ3v) is 3.03. The zero-order chi connectivity index (χ0) is 12.3. The van der Waals surface area contributed by atoms with Gasteiger partial charge in [-0.1, -0.05) is 13.3 Å². The van der Waals surface area contributed by atoms with E-state index >= 15 is 0 Å². The lowest BCUT2D eigenvalue weighted by Crippen LogP contribution is -2.64. The molecule has 1 fully saturated rings. The molecule has 3 N–H and O–H groups in total. The van der Waals surface area contributed by atoms with Gasteiger partial charge in [0.05, 0.1) is 6.10 Å². The van der Waals surface area contributed by atoms with Gasteiger partial charge in [-0.25, -0.2) is 0 Å². The third-order valence-electron chi connectivity index (χ3n) is 3.03. The predicted octanol–water partition coefficient (Wildman–Crippen LogP) is 0.0207. The molecule has 0 amide bonds. The van der Waals surface area contributed by atoms with Crippen LogP contribution in [0.5, 0.6) is 0 Å². The maximum Gasteiger partial charge on any atom is 0.186 e. The summed E-state index contributed by atoms with van der Waals surface area (Å²) in [4.78, 5) is 0. The van der Waals surface area contributed by atoms with Crippen LogP contribution in [0.4, 0.5) is 0 Å². The second kappa shape index (κ2) is 5.42. The molecule has 0 aromatic heterocycles. The van der Waals surface area contributed by atoms with Crippen molar-refractivity contribution in [1.82, 2.24) is 0 Å². The maximum absolute atomic E-state index is 9.95. The van der Waals surface area contributed by atoms with Gasteiger partial charge >= 0.3 is 0 Å². The fourth-order valence-electron chi connectivity index (χ4n) is 1.76. The Labute approximate surface area is 96.0 Å². The predicted molar refractivity (Wildman–Crippen MR) is 57.8 cm³/mol. The van der Waals surface area contributed by atoms with Crippen molar-refractivity contribution in [3.8, 4) is 0 Å². The zero-order valence-corrected chi connectivity index (χ0v) is 10.1. The minimum Gasteiger partial charge on any atom is -0.387 e. The van der Waals surface area contributed by atoms with Crippen molar-refractivity contribution in [2.24, 2.45) is 0 Å². The molecule has 0 aromatic carbocycles. The maximum atomic E-state index is 9.95. The molecule has 1 heterocycles. The molecule has 1 aliphatic rings. The van der Waals surface area contributed by atoms with Crippen LogP contribution in [0.3, 0.4) is 0 Å². The van der Waals surface area contributed by atoms with Crippen LogP contribution in [0.25, 0.3) is 0 Å². The fraction of sp³-hybridized carbons (Fsp3) is 1.00. The molecule has 0 saturated carbocycles. The van der Waals surface area contributed by atoms with Gasteiger partial charge in [-0.2, -0.15) is 0 Å². The van der Waals surface area contributed by atoms with Gasteiger partial charge in [-0.3, -0.25) is 0 Å². The van der Waals surface area contributed by atoms with Gasteiger partial charge in [0, 0.05) is 6.61 Å². The molecular weight excluding hydrogens is 212 g/mol. The van der Waals surface area contributed by atoms with Crippen LogP contribution in [-0.2, 0) is 9.47 Å². The van der Waals surface area contributed by atoms with E-state index in [1.807, 2.05) is 6.92 Å². The number of rotatable bonds is 4. The number of hydrogen-bond acceptors (Lipinski definition) is 5. The monoisotopic (exact) mass is 234 g/mol. The number of hydrogen-bond donors (Lipinski definition) is 3. The highest BCUT2D eigenvalue weighted by atomic mass is 16.7. The first-order valence-corrected chi connectivity index (χ1v) is 5.76. The summed E-state index contributed by atoms with van der Waals surface area (Å²) in [5.41, 5.74) is -1.60. The Bertz CT molecular complexity index is 218. The molecule has 1 aliphatic heterocycles. The Balaban J connectivity index is 2.59. The molecular formula is C11H22O5. The standard InChI is InChI=1S/C11H22O5/c1-4-5-6-15-10-9(13)11(3,14)8(12)7(2)16-10/h7-10,12-14H,4-6H2,1-3H3. The van der Waals surface area contributed by atoms with E-state index in [2.05, 4.69) is 0 Å². The molecule has 1 saturated heterocycles. The topological polar surface area (TPSA) is 79.2 Å². The van der Waals surface area contributed by atoms with Crippen molar-refractivity contribution < 1.29 is 24.8 Å². The van der Waals surface area contributed by atoms with Crippen molar-refractivity contribution in [1.29, 1.82) is 0 Å². The Hall–Kier alpha value is -0.200. The molecule has 5 nitrogen and oxygen atoms in total. The average molecular weight is 234 g/mol. The molecule has 0 aromatic rings. The largest absolute Gasteiger partial charge is 0.387 e. The van der Waals surface area contributed by atoms with Crippen LogP contribution in [0, 0.1) is 0 Å². The summed E-state index contributed by atoms with van der Waals surface area (Å²) < 4.78 is 10.7. The van der Waals surface area contributed by atoms with Crippen LogP contribution < -0.4 is 0 Å². The molecule has 5 heteroatoms. The highest BCUT2D eigenvalue weighted by Gasteiger charge is 2.51. The number of aliphatic hydroxyl groups is 3. The van der Waals surface area contributed by atoms with Gasteiger partial charge in [0.15, 0.2) is 6.29 Å². The first kappa shape index (κ1) is 13.9. The Kier molecular flexibility index (Phi) is 4.70. The van der Waals surface area contributed by atoms with Crippen LogP contribution in [0.2, 0.25) is 0 Å². The molecule has 0 bridgehead atoms. The Morgan fingerprint density at radius 1 is 1.31 bits per heavy atom. The van der Waals surface area contributed by atoms with E-state index in [4.69, 9.17) is 9.47 Å². The minimum absolute atomic E-state index is 0.469. The lowest BCUT2D eigenvalue weighted by atomic mass is 9.86. The minimum atomic E-state index is -1.60. The van der Waals surface area contributed by atoms with Crippen LogP contribution in [-0.4, -0.2) is 52.1 Å². The van der Waals surface area contributed by atoms with E-state index in [-0.39, 0.29) is 0 Å². The Morgan fingerprint density at radius 2 is 1.94 bits per heavy atom. The summed E-state index contributed by atoms with van der Waals surface area (Å²) in [6, 6.07) is 0. The van der Waals surface area contributed by atoms with Crippen molar-refractivity contribution >= 4 is 0 Å². The van der Waals surface area contributed by atoms with Gasteiger partial charge in [0.25, 0.3) is 0 Å². The molecule has 1 rings (SSSR count). The second-order valence-corrected chi connectivity index (χ2v) is 4.55. The summed E-state index contributed by atoms with van der Waals surface area (Å²) in [6.45, 7) is 5.53. The summed E-state index contributed by atoms with van der Waals surface area (Å²) >= 11 is 0. The first-order chi connectivity index (χ1) is 7.41. The third kappa shape index (κ3) is 2.73. The van der Waals surface area contributed by atoms with Gasteiger partial charge in [-0.05, 0) is 20.3 Å². The van der Waals surface area contributed by atoms with Gasteiger partial charge in [0.2, 0.25) is 0 Å². The first-order valence-electron chi connectivity index (χ1n) is 5.76. The highest BCUT2D eigenvalue weighted by Crippen LogP contribution is 2.30. The summed E-state index contributed by atoms with van der Waals surface area (Å²) in [7, 11) is 0. The average Bonchev–Trinajstić information content (AvgIpc) is 2.24. The van der Waals surface area contributed by atoms with E-state index < -0.39 is 30.2 Å². The van der Waals surface area contributed by atoms with Crippen LogP contribution in [0.1, 0.15) is 33.6 Å². The molecule has 0 spiro atoms. The van der Waals surface area contributed by atoms with Gasteiger partial charge in [0.1, 0.15) is 17.8 Å². The summed E-state index contributed by atoms with van der Waals surface area (Å²) in [6.07, 6.45) is -1.95. The smallest absolute Gasteiger partial charge is 0.186 e. The van der Waals surface area contributed by atoms with Gasteiger partial charge < -0.3 is 24.8 Å². The Morgan fingerprint density at radius 3 is 2.50 bits per heavy atom. The highest BCUT2D eigenvalue weighted by molar-refractivity contribution is 4.97. The SMILES string of the molecule is CCCCOC1OC(C)C(O)C(C)(O)C1O. The molecule has 0 radical (unpaired) electrons. The quantitative estimate of drug-likeness (QED) is 0.598. The van der Waals surface area contributed by atoms with E-state index in [9.17, 15) is 15.3 Å². The molecule has 0 aliphatic carbocycles. The summed E-state index contributed by atoms with van der Waals surface area (Å²) in [5, 5.41) is 29.4. The lowest BCUT2D eigenvalue weighted by molar-refractivity contribution is -0.321. The lowest BCUT2D eigenvalue weighted by Gasteiger charge is -2.45. The normalized spacial score (nSPS) is 44.6. The van der Waals surface area contributed by atoms with Crippen molar-refractivity contribution in [3.63, 3.8) is 0 Å². The molecule has 96 valence electrons. The van der Waals surface area contributed by atoms with Gasteiger partial charge in [-0.15, -0.1) is 0 Å². The summed E-state index contributed by atoms with van der Waals surface area (Å²) in [5.74, 6) is 0. The number of ether oxygens (including phenoxy) is 2. The molecule has 5 unspecified atom stereocenters. The van der Waals surface area contributed by atoms with Crippen molar-refractivity contribution in [2.45, 2.75) is 63.8 Å². The van der Waals surface area contributed by atoms with Crippen molar-refractivity contribution in [2.75, 3.05) is 6.61 Å². The van der Waals surface area contributed by atoms with Crippen LogP contribution in [0.15, 0.2) is 0 Å². The number of aliphatic hydroxyl groups excluding tert-OH is 2. The van der Waals surface area contributed by atoms with E-state index in [0.717, 1.165) is 12.8 Å². The van der Waals surface area contributed by atoms with Crippen LogP contribution >= 0.6 is 0 Å². The second-order valence-electron chi connectivity index (χ2n) is 4.55. The fourth-order valence-corrected chi connectivity index (χ4v) is 1.76. The number of unbranched alkanes of at least 4 members (excludes halogenated alkanes) is 1. The zero-order valence-electron chi connectivity index (χ0n) is 10.1. The van der Waals surface area contributed by atoms with E-state index in [1.165, 1.54) is 6.92 Å². The van der Waals surface area contributed by atoms with E-state index in [0.29, 0.717) is 6.61 Å². The molecule has 16 heavy (non-hydrogen) atoms. The molecule has 5 atom stereocenters. The van der Waals surface area contributed by atoms with Crippen molar-refractivity contribution in [3.05, 3.63) is 0 Å². The van der Waals surface area contributed by atoms with E-state index in [1.54, 1.807) is 6.92 Å².